The van der Waals surface area contributed by atoms with Crippen LogP contribution in [0.4, 0.5) is 5.82 Å². The molecule has 2 N–H and O–H groups in total. The molecule has 0 saturated heterocycles. The molecular weight excluding hydrogens is 306 g/mol. The normalized spacial score (nSPS) is 15.3. The number of nitrogens with one attached hydrogen (secondary N) is 2. The molecule has 4 rings (SSSR count). The standard InChI is InChI=1S/C18H19N3OS/c1-11(22)17-13(7-9-23-17)15-10-16(20-12-4-2-3-5-12)21-18-14(15)6-8-19-18/h6-10,12H,2-5H2,1H3,(H2,19,20,21). The van der Waals surface area contributed by atoms with Crippen LogP contribution >= 0.6 is 11.3 Å². The second-order valence-corrected chi connectivity index (χ2v) is 7.06. The molecule has 3 heterocycles. The maximum atomic E-state index is 11.9. The van der Waals surface area contributed by atoms with Gasteiger partial charge in [0.15, 0.2) is 5.78 Å². The summed E-state index contributed by atoms with van der Waals surface area (Å²) in [5.41, 5.74) is 2.94. The number of rotatable bonds is 4. The van der Waals surface area contributed by atoms with Gasteiger partial charge in [-0.25, -0.2) is 4.98 Å². The summed E-state index contributed by atoms with van der Waals surface area (Å²) in [6, 6.07) is 6.65. The van der Waals surface area contributed by atoms with E-state index in [-0.39, 0.29) is 5.78 Å². The van der Waals surface area contributed by atoms with Crippen molar-refractivity contribution in [3.63, 3.8) is 0 Å². The van der Waals surface area contributed by atoms with E-state index in [9.17, 15) is 4.79 Å². The highest BCUT2D eigenvalue weighted by Crippen LogP contribution is 2.35. The molecule has 118 valence electrons. The van der Waals surface area contributed by atoms with Gasteiger partial charge < -0.3 is 10.3 Å². The van der Waals surface area contributed by atoms with Crippen LogP contribution in [0.15, 0.2) is 29.8 Å². The first-order chi connectivity index (χ1) is 11.2. The maximum absolute atomic E-state index is 11.9. The number of thiophene rings is 1. The van der Waals surface area contributed by atoms with Gasteiger partial charge >= 0.3 is 0 Å². The summed E-state index contributed by atoms with van der Waals surface area (Å²) in [5, 5.41) is 6.60. The van der Waals surface area contributed by atoms with Crippen LogP contribution in [-0.2, 0) is 0 Å². The molecule has 3 aromatic heterocycles. The van der Waals surface area contributed by atoms with Gasteiger partial charge in [-0.05, 0) is 48.9 Å². The lowest BCUT2D eigenvalue weighted by atomic mass is 10.0. The number of aromatic nitrogens is 2. The van der Waals surface area contributed by atoms with E-state index < -0.39 is 0 Å². The molecule has 0 atom stereocenters. The highest BCUT2D eigenvalue weighted by molar-refractivity contribution is 7.12. The van der Waals surface area contributed by atoms with Crippen LogP contribution in [0.2, 0.25) is 0 Å². The Balaban J connectivity index is 1.82. The van der Waals surface area contributed by atoms with Gasteiger partial charge in [0.25, 0.3) is 0 Å². The molecule has 0 aromatic carbocycles. The minimum atomic E-state index is 0.112. The maximum Gasteiger partial charge on any atom is 0.170 e. The highest BCUT2D eigenvalue weighted by Gasteiger charge is 2.18. The van der Waals surface area contributed by atoms with Crippen molar-refractivity contribution in [2.24, 2.45) is 0 Å². The summed E-state index contributed by atoms with van der Waals surface area (Å²) in [5.74, 6) is 1.00. The molecule has 1 saturated carbocycles. The summed E-state index contributed by atoms with van der Waals surface area (Å²) in [6.45, 7) is 1.63. The fraction of sp³-hybridized carbons (Fsp3) is 0.333. The first-order valence-corrected chi connectivity index (χ1v) is 8.94. The van der Waals surface area contributed by atoms with Crippen molar-refractivity contribution in [3.8, 4) is 11.1 Å². The Kier molecular flexibility index (Phi) is 3.65. The molecule has 0 spiro atoms. The van der Waals surface area contributed by atoms with Gasteiger partial charge in [-0.2, -0.15) is 0 Å². The van der Waals surface area contributed by atoms with E-state index in [1.165, 1.54) is 37.0 Å². The summed E-state index contributed by atoms with van der Waals surface area (Å²) < 4.78 is 0. The third-order valence-corrected chi connectivity index (χ3v) is 5.53. The molecule has 1 fully saturated rings. The minimum Gasteiger partial charge on any atom is -0.367 e. The van der Waals surface area contributed by atoms with Crippen molar-refractivity contribution in [1.29, 1.82) is 0 Å². The largest absolute Gasteiger partial charge is 0.367 e. The van der Waals surface area contributed by atoms with Crippen LogP contribution in [0, 0.1) is 0 Å². The topological polar surface area (TPSA) is 57.8 Å². The molecular formula is C18H19N3OS. The number of hydrogen-bond donors (Lipinski definition) is 2. The van der Waals surface area contributed by atoms with Crippen LogP contribution in [0.25, 0.3) is 22.2 Å². The van der Waals surface area contributed by atoms with Crippen molar-refractivity contribution in [1.82, 2.24) is 9.97 Å². The predicted molar refractivity (Wildman–Crippen MR) is 95.3 cm³/mol. The van der Waals surface area contributed by atoms with Crippen LogP contribution < -0.4 is 5.32 Å². The number of hydrogen-bond acceptors (Lipinski definition) is 4. The molecule has 23 heavy (non-hydrogen) atoms. The van der Waals surface area contributed by atoms with E-state index in [4.69, 9.17) is 4.98 Å². The molecule has 0 aliphatic heterocycles. The molecule has 0 bridgehead atoms. The van der Waals surface area contributed by atoms with E-state index in [1.54, 1.807) is 6.92 Å². The third-order valence-electron chi connectivity index (χ3n) is 4.51. The Morgan fingerprint density at radius 2 is 2.13 bits per heavy atom. The Bertz CT molecular complexity index is 858. The minimum absolute atomic E-state index is 0.112. The zero-order chi connectivity index (χ0) is 15.8. The van der Waals surface area contributed by atoms with Crippen molar-refractivity contribution in [2.45, 2.75) is 38.6 Å². The van der Waals surface area contributed by atoms with Crippen LogP contribution in [-0.4, -0.2) is 21.8 Å². The number of carbonyl (C=O) groups excluding carboxylic acids is 1. The van der Waals surface area contributed by atoms with Crippen LogP contribution in [0.1, 0.15) is 42.3 Å². The monoisotopic (exact) mass is 325 g/mol. The number of H-pyrrole nitrogens is 1. The lowest BCUT2D eigenvalue weighted by molar-refractivity contribution is 0.102. The van der Waals surface area contributed by atoms with Gasteiger partial charge in [-0.3, -0.25) is 4.79 Å². The van der Waals surface area contributed by atoms with Crippen molar-refractivity contribution >= 4 is 34.0 Å². The van der Waals surface area contributed by atoms with Crippen LogP contribution in [0.5, 0.6) is 0 Å². The van der Waals surface area contributed by atoms with E-state index in [2.05, 4.69) is 16.4 Å². The van der Waals surface area contributed by atoms with Gasteiger partial charge in [0, 0.05) is 23.2 Å². The lowest BCUT2D eigenvalue weighted by Gasteiger charge is -2.14. The van der Waals surface area contributed by atoms with Crippen molar-refractivity contribution in [3.05, 3.63) is 34.7 Å². The van der Waals surface area contributed by atoms with Crippen molar-refractivity contribution < 1.29 is 4.79 Å². The average molecular weight is 325 g/mol. The van der Waals surface area contributed by atoms with Gasteiger partial charge in [0.05, 0.1) is 4.88 Å². The van der Waals surface area contributed by atoms with Gasteiger partial charge in [0.2, 0.25) is 0 Å². The molecule has 0 radical (unpaired) electrons. The van der Waals surface area contributed by atoms with Gasteiger partial charge in [-0.1, -0.05) is 12.8 Å². The summed E-state index contributed by atoms with van der Waals surface area (Å²) in [7, 11) is 0. The fourth-order valence-corrected chi connectivity index (χ4v) is 4.22. The molecule has 5 heteroatoms. The molecule has 3 aromatic rings. The van der Waals surface area contributed by atoms with Crippen molar-refractivity contribution in [2.75, 3.05) is 5.32 Å². The number of carbonyl (C=O) groups is 1. The number of ketones is 1. The number of Topliss-reactive ketones (excluding diaryl/α,β-unsaturated/α-hetero) is 1. The highest BCUT2D eigenvalue weighted by atomic mass is 32.1. The number of fused-ring (bicyclic) bond motifs is 1. The second-order valence-electron chi connectivity index (χ2n) is 6.14. The zero-order valence-electron chi connectivity index (χ0n) is 13.1. The fourth-order valence-electron chi connectivity index (χ4n) is 3.41. The SMILES string of the molecule is CC(=O)c1sccc1-c1cc(NC2CCCC2)nc2[nH]ccc12. The second kappa shape index (κ2) is 5.81. The number of aromatic amines is 1. The Morgan fingerprint density at radius 3 is 2.91 bits per heavy atom. The van der Waals surface area contributed by atoms with E-state index >= 15 is 0 Å². The zero-order valence-corrected chi connectivity index (χ0v) is 13.9. The summed E-state index contributed by atoms with van der Waals surface area (Å²) in [4.78, 5) is 20.6. The average Bonchev–Trinajstić information content (AvgIpc) is 3.27. The Morgan fingerprint density at radius 1 is 1.30 bits per heavy atom. The molecule has 4 nitrogen and oxygen atoms in total. The first kappa shape index (κ1) is 14.5. The third kappa shape index (κ3) is 2.65. The smallest absolute Gasteiger partial charge is 0.170 e. The molecule has 0 amide bonds. The molecule has 1 aliphatic rings. The molecule has 0 unspecified atom stereocenters. The predicted octanol–water partition coefficient (Wildman–Crippen LogP) is 4.85. The Labute approximate surface area is 138 Å². The lowest BCUT2D eigenvalue weighted by Crippen LogP contribution is -2.15. The van der Waals surface area contributed by atoms with E-state index in [0.29, 0.717) is 6.04 Å². The first-order valence-electron chi connectivity index (χ1n) is 8.06. The number of nitrogens with zero attached hydrogens (tertiary/aromatic N) is 1. The Hall–Kier alpha value is -2.14. The van der Waals surface area contributed by atoms with E-state index in [1.807, 2.05) is 23.7 Å². The van der Waals surface area contributed by atoms with E-state index in [0.717, 1.165) is 32.9 Å². The number of anilines is 1. The summed E-state index contributed by atoms with van der Waals surface area (Å²) in [6.07, 6.45) is 6.89. The quantitative estimate of drug-likeness (QED) is 0.674. The molecule has 1 aliphatic carbocycles. The van der Waals surface area contributed by atoms with Crippen LogP contribution in [0.3, 0.4) is 0 Å². The summed E-state index contributed by atoms with van der Waals surface area (Å²) >= 11 is 1.50. The number of pyridine rings is 1. The van der Waals surface area contributed by atoms with Gasteiger partial charge in [-0.15, -0.1) is 11.3 Å². The van der Waals surface area contributed by atoms with Gasteiger partial charge in [0.1, 0.15) is 11.5 Å².